The molecule has 0 unspecified atom stereocenters. The molecule has 4 nitrogen and oxygen atoms in total. The third-order valence-corrected chi connectivity index (χ3v) is 5.98. The van der Waals surface area contributed by atoms with Crippen LogP contribution >= 0.6 is 11.8 Å². The Morgan fingerprint density at radius 1 is 1.04 bits per heavy atom. The minimum absolute atomic E-state index is 0.199. The second-order valence-electron chi connectivity index (χ2n) is 7.23. The number of likely N-dealkylation sites (tertiary alicyclic amines) is 1. The molecule has 0 aliphatic carbocycles. The highest BCUT2D eigenvalue weighted by molar-refractivity contribution is 8.00. The molecular weight excluding hydrogens is 356 g/mol. The number of rotatable bonds is 6. The van der Waals surface area contributed by atoms with Crippen molar-refractivity contribution in [3.8, 4) is 0 Å². The van der Waals surface area contributed by atoms with Crippen LogP contribution in [0.1, 0.15) is 24.0 Å². The zero-order valence-electron chi connectivity index (χ0n) is 16.1. The summed E-state index contributed by atoms with van der Waals surface area (Å²) < 4.78 is 5.44. The predicted molar refractivity (Wildman–Crippen MR) is 111 cm³/mol. The summed E-state index contributed by atoms with van der Waals surface area (Å²) in [4.78, 5) is 17.6. The summed E-state index contributed by atoms with van der Waals surface area (Å²) in [5, 5.41) is 0.558. The number of hydrogen-bond acceptors (Lipinski definition) is 4. The highest BCUT2D eigenvalue weighted by Crippen LogP contribution is 2.30. The van der Waals surface area contributed by atoms with E-state index in [1.165, 1.54) is 10.5 Å². The number of nitrogens with zero attached hydrogens (tertiary/aromatic N) is 2. The van der Waals surface area contributed by atoms with Gasteiger partial charge in [-0.3, -0.25) is 0 Å². The van der Waals surface area contributed by atoms with Gasteiger partial charge >= 0.3 is 6.09 Å². The summed E-state index contributed by atoms with van der Waals surface area (Å²) in [6.07, 6.45) is 1.81. The number of hydrogen-bond donors (Lipinski definition) is 0. The van der Waals surface area contributed by atoms with E-state index in [0.29, 0.717) is 11.9 Å². The minimum atomic E-state index is -0.199. The SMILES string of the molecule is CN(C)Cc1ccc(SC2CCN(C(=O)OCc3ccccc3)CC2)cc1. The van der Waals surface area contributed by atoms with Crippen LogP contribution in [-0.4, -0.2) is 48.3 Å². The van der Waals surface area contributed by atoms with Crippen molar-refractivity contribution in [2.75, 3.05) is 27.2 Å². The maximum atomic E-state index is 12.3. The van der Waals surface area contributed by atoms with Gasteiger partial charge in [-0.05, 0) is 50.2 Å². The van der Waals surface area contributed by atoms with E-state index in [9.17, 15) is 4.79 Å². The summed E-state index contributed by atoms with van der Waals surface area (Å²) in [5.74, 6) is 0. The van der Waals surface area contributed by atoms with E-state index in [0.717, 1.165) is 38.0 Å². The molecule has 2 aromatic rings. The van der Waals surface area contributed by atoms with Crippen LogP contribution in [0.5, 0.6) is 0 Å². The molecule has 1 saturated heterocycles. The van der Waals surface area contributed by atoms with Gasteiger partial charge in [-0.1, -0.05) is 42.5 Å². The fourth-order valence-electron chi connectivity index (χ4n) is 3.20. The molecule has 0 saturated carbocycles. The van der Waals surface area contributed by atoms with Gasteiger partial charge in [0.25, 0.3) is 0 Å². The number of carbonyl (C=O) groups excluding carboxylic acids is 1. The highest BCUT2D eigenvalue weighted by atomic mass is 32.2. The molecule has 1 fully saturated rings. The third kappa shape index (κ3) is 6.29. The lowest BCUT2D eigenvalue weighted by molar-refractivity contribution is 0.0901. The molecule has 0 atom stereocenters. The Morgan fingerprint density at radius 3 is 2.33 bits per heavy atom. The van der Waals surface area contributed by atoms with Gasteiger partial charge in [-0.25, -0.2) is 4.79 Å². The first-order valence-corrected chi connectivity index (χ1v) is 10.3. The largest absolute Gasteiger partial charge is 0.445 e. The molecule has 0 bridgehead atoms. The van der Waals surface area contributed by atoms with E-state index in [4.69, 9.17) is 4.74 Å². The van der Waals surface area contributed by atoms with E-state index in [2.05, 4.69) is 43.3 Å². The molecular formula is C22H28N2O2S. The highest BCUT2D eigenvalue weighted by Gasteiger charge is 2.24. The number of piperidine rings is 1. The average molecular weight is 385 g/mol. The van der Waals surface area contributed by atoms with Crippen LogP contribution in [0.15, 0.2) is 59.5 Å². The minimum Gasteiger partial charge on any atom is -0.445 e. The zero-order chi connectivity index (χ0) is 19.1. The average Bonchev–Trinajstić information content (AvgIpc) is 2.69. The number of carbonyl (C=O) groups is 1. The summed E-state index contributed by atoms with van der Waals surface area (Å²) >= 11 is 1.92. The molecule has 0 aromatic heterocycles. The normalized spacial score (nSPS) is 15.1. The first kappa shape index (κ1) is 19.8. The van der Waals surface area contributed by atoms with Crippen molar-refractivity contribution in [2.45, 2.75) is 36.1 Å². The Bertz CT molecular complexity index is 711. The lowest BCUT2D eigenvalue weighted by Crippen LogP contribution is -2.39. The van der Waals surface area contributed by atoms with Gasteiger partial charge in [-0.15, -0.1) is 11.8 Å². The van der Waals surface area contributed by atoms with Gasteiger partial charge in [0.1, 0.15) is 6.61 Å². The van der Waals surface area contributed by atoms with Crippen molar-refractivity contribution in [2.24, 2.45) is 0 Å². The van der Waals surface area contributed by atoms with Crippen molar-refractivity contribution in [3.05, 3.63) is 65.7 Å². The van der Waals surface area contributed by atoms with E-state index >= 15 is 0 Å². The Labute approximate surface area is 166 Å². The van der Waals surface area contributed by atoms with Gasteiger partial charge in [-0.2, -0.15) is 0 Å². The molecule has 27 heavy (non-hydrogen) atoms. The fourth-order valence-corrected chi connectivity index (χ4v) is 4.32. The Morgan fingerprint density at radius 2 is 1.70 bits per heavy atom. The summed E-state index contributed by atoms with van der Waals surface area (Å²) in [5.41, 5.74) is 2.36. The number of thioether (sulfide) groups is 1. The number of amides is 1. The predicted octanol–water partition coefficient (Wildman–Crippen LogP) is 4.64. The van der Waals surface area contributed by atoms with E-state index in [1.807, 2.05) is 47.0 Å². The first-order valence-electron chi connectivity index (χ1n) is 9.46. The van der Waals surface area contributed by atoms with Gasteiger partial charge in [0.2, 0.25) is 0 Å². The molecule has 1 aliphatic heterocycles. The fraction of sp³-hybridized carbons (Fsp3) is 0.409. The van der Waals surface area contributed by atoms with Crippen LogP contribution in [0.3, 0.4) is 0 Å². The molecule has 1 heterocycles. The Hall–Kier alpha value is -1.98. The smallest absolute Gasteiger partial charge is 0.410 e. The topological polar surface area (TPSA) is 32.8 Å². The van der Waals surface area contributed by atoms with Crippen LogP contribution in [0.4, 0.5) is 4.79 Å². The molecule has 1 aliphatic rings. The van der Waals surface area contributed by atoms with Gasteiger partial charge in [0.05, 0.1) is 0 Å². The maximum Gasteiger partial charge on any atom is 0.410 e. The van der Waals surface area contributed by atoms with E-state index < -0.39 is 0 Å². The third-order valence-electron chi connectivity index (χ3n) is 4.63. The standard InChI is InChI=1S/C22H28N2O2S/c1-23(2)16-18-8-10-20(11-9-18)27-21-12-14-24(15-13-21)22(25)26-17-19-6-4-3-5-7-19/h3-11,21H,12-17H2,1-2H3. The van der Waals surface area contributed by atoms with Gasteiger partial charge in [0, 0.05) is 29.8 Å². The lowest BCUT2D eigenvalue weighted by Gasteiger charge is -2.31. The van der Waals surface area contributed by atoms with Crippen LogP contribution in [0.2, 0.25) is 0 Å². The van der Waals surface area contributed by atoms with Crippen molar-refractivity contribution in [1.29, 1.82) is 0 Å². The van der Waals surface area contributed by atoms with Gasteiger partial charge < -0.3 is 14.5 Å². The van der Waals surface area contributed by atoms with Crippen molar-refractivity contribution >= 4 is 17.9 Å². The first-order chi connectivity index (χ1) is 13.1. The van der Waals surface area contributed by atoms with Crippen molar-refractivity contribution in [1.82, 2.24) is 9.80 Å². The monoisotopic (exact) mass is 384 g/mol. The van der Waals surface area contributed by atoms with Crippen LogP contribution < -0.4 is 0 Å². The number of ether oxygens (including phenoxy) is 1. The summed E-state index contributed by atoms with van der Waals surface area (Å²) in [6, 6.07) is 18.7. The second kappa shape index (κ2) is 9.81. The molecule has 0 spiro atoms. The zero-order valence-corrected chi connectivity index (χ0v) is 17.0. The summed E-state index contributed by atoms with van der Waals surface area (Å²) in [7, 11) is 4.17. The van der Waals surface area contributed by atoms with E-state index in [1.54, 1.807) is 0 Å². The Balaban J connectivity index is 1.41. The summed E-state index contributed by atoms with van der Waals surface area (Å²) in [6.45, 7) is 2.84. The second-order valence-corrected chi connectivity index (χ2v) is 8.60. The Kier molecular flexibility index (Phi) is 7.18. The lowest BCUT2D eigenvalue weighted by atomic mass is 10.1. The molecule has 5 heteroatoms. The number of benzene rings is 2. The van der Waals surface area contributed by atoms with Gasteiger partial charge in [0.15, 0.2) is 0 Å². The van der Waals surface area contributed by atoms with Crippen LogP contribution in [0, 0.1) is 0 Å². The molecule has 0 radical (unpaired) electrons. The van der Waals surface area contributed by atoms with E-state index in [-0.39, 0.29) is 6.09 Å². The van der Waals surface area contributed by atoms with Crippen molar-refractivity contribution < 1.29 is 9.53 Å². The molecule has 0 N–H and O–H groups in total. The molecule has 2 aromatic carbocycles. The molecule has 1 amide bonds. The molecule has 144 valence electrons. The quantitative estimate of drug-likeness (QED) is 0.726. The van der Waals surface area contributed by atoms with Crippen LogP contribution in [-0.2, 0) is 17.9 Å². The van der Waals surface area contributed by atoms with Crippen LogP contribution in [0.25, 0.3) is 0 Å². The molecule has 3 rings (SSSR count). The maximum absolute atomic E-state index is 12.3. The van der Waals surface area contributed by atoms with Crippen molar-refractivity contribution in [3.63, 3.8) is 0 Å².